The predicted molar refractivity (Wildman–Crippen MR) is 104 cm³/mol. The summed E-state index contributed by atoms with van der Waals surface area (Å²) in [6.07, 6.45) is 7.94. The zero-order chi connectivity index (χ0) is 18.1. The summed E-state index contributed by atoms with van der Waals surface area (Å²) in [6.45, 7) is 0.828. The van der Waals surface area contributed by atoms with Gasteiger partial charge in [0.25, 0.3) is 0 Å². The minimum atomic E-state index is 0.546. The van der Waals surface area contributed by atoms with Crippen molar-refractivity contribution in [1.29, 1.82) is 0 Å². The topological polar surface area (TPSA) is 50.3 Å². The fourth-order valence-electron chi connectivity index (χ4n) is 4.76. The number of fused-ring (bicyclic) bond motifs is 1. The molecule has 2 fully saturated rings. The minimum Gasteiger partial charge on any atom is -0.497 e. The van der Waals surface area contributed by atoms with Crippen LogP contribution in [0.4, 0.5) is 5.95 Å². The molecule has 2 aliphatic rings. The van der Waals surface area contributed by atoms with Crippen molar-refractivity contribution in [3.63, 3.8) is 0 Å². The lowest BCUT2D eigenvalue weighted by Crippen LogP contribution is -2.54. The molecule has 4 atom stereocenters. The highest BCUT2D eigenvalue weighted by atomic mass is 16.5. The van der Waals surface area contributed by atoms with Crippen molar-refractivity contribution in [2.24, 2.45) is 11.8 Å². The number of hydrogen-bond donors (Lipinski definition) is 1. The molecule has 0 aliphatic heterocycles. The maximum Gasteiger partial charge on any atom is 0.224 e. The van der Waals surface area contributed by atoms with E-state index in [4.69, 9.17) is 4.74 Å². The Labute approximate surface area is 155 Å². The number of benzene rings is 1. The second-order valence-electron chi connectivity index (χ2n) is 7.75. The van der Waals surface area contributed by atoms with Gasteiger partial charge in [-0.2, -0.15) is 0 Å². The van der Waals surface area contributed by atoms with Crippen molar-refractivity contribution in [3.8, 4) is 5.75 Å². The summed E-state index contributed by atoms with van der Waals surface area (Å²) in [4.78, 5) is 10.8. The van der Waals surface area contributed by atoms with Gasteiger partial charge in [0.2, 0.25) is 5.95 Å². The number of methoxy groups -OCH3 is 1. The average Bonchev–Trinajstić information content (AvgIpc) is 3.06. The summed E-state index contributed by atoms with van der Waals surface area (Å²) in [5, 5.41) is 3.81. The number of hydrogen-bond acceptors (Lipinski definition) is 5. The summed E-state index contributed by atoms with van der Waals surface area (Å²) in [6, 6.07) is 9.19. The van der Waals surface area contributed by atoms with Crippen LogP contribution in [0.5, 0.6) is 5.75 Å². The fraction of sp³-hybridized carbons (Fsp3) is 0.524. The Hall–Kier alpha value is -2.14. The molecule has 1 heterocycles. The normalized spacial score (nSPS) is 26.9. The molecule has 4 rings (SSSR count). The molecule has 2 aliphatic carbocycles. The zero-order valence-electron chi connectivity index (χ0n) is 15.9. The van der Waals surface area contributed by atoms with Crippen LogP contribution < -0.4 is 15.0 Å². The fourth-order valence-corrected chi connectivity index (χ4v) is 4.76. The van der Waals surface area contributed by atoms with E-state index in [0.29, 0.717) is 12.0 Å². The van der Waals surface area contributed by atoms with E-state index in [2.05, 4.69) is 39.6 Å². The van der Waals surface area contributed by atoms with Crippen LogP contribution in [0.25, 0.3) is 0 Å². The first-order chi connectivity index (χ1) is 12.7. The number of ether oxygens (including phenoxy) is 1. The highest BCUT2D eigenvalue weighted by Crippen LogP contribution is 2.56. The smallest absolute Gasteiger partial charge is 0.224 e. The number of nitrogens with one attached hydrogen (secondary N) is 1. The Morgan fingerprint density at radius 1 is 1.08 bits per heavy atom. The van der Waals surface area contributed by atoms with Crippen LogP contribution in [0.15, 0.2) is 36.7 Å². The summed E-state index contributed by atoms with van der Waals surface area (Å²) in [7, 11) is 5.64. The second-order valence-corrected chi connectivity index (χ2v) is 7.75. The number of nitrogens with zero attached hydrogens (tertiary/aromatic N) is 3. The first-order valence-electron chi connectivity index (χ1n) is 9.53. The van der Waals surface area contributed by atoms with Crippen molar-refractivity contribution in [1.82, 2.24) is 15.3 Å². The van der Waals surface area contributed by atoms with Crippen molar-refractivity contribution in [2.45, 2.75) is 37.8 Å². The van der Waals surface area contributed by atoms with Crippen molar-refractivity contribution in [2.75, 3.05) is 26.1 Å². The van der Waals surface area contributed by atoms with E-state index in [0.717, 1.165) is 35.6 Å². The molecule has 138 valence electrons. The lowest BCUT2D eigenvalue weighted by atomic mass is 9.60. The quantitative estimate of drug-likeness (QED) is 0.865. The van der Waals surface area contributed by atoms with Crippen molar-refractivity contribution in [3.05, 3.63) is 47.8 Å². The molecule has 5 nitrogen and oxygen atoms in total. The van der Waals surface area contributed by atoms with Gasteiger partial charge in [0.15, 0.2) is 0 Å². The van der Waals surface area contributed by atoms with Crippen molar-refractivity contribution >= 4 is 5.95 Å². The van der Waals surface area contributed by atoms with Gasteiger partial charge in [0.05, 0.1) is 7.11 Å². The summed E-state index contributed by atoms with van der Waals surface area (Å²) in [5.74, 6) is 3.93. The molecule has 0 spiro atoms. The molecule has 0 saturated heterocycles. The van der Waals surface area contributed by atoms with Crippen LogP contribution in [0.1, 0.15) is 36.3 Å². The van der Waals surface area contributed by atoms with Crippen LogP contribution in [-0.4, -0.2) is 37.2 Å². The van der Waals surface area contributed by atoms with E-state index in [9.17, 15) is 0 Å². The monoisotopic (exact) mass is 352 g/mol. The molecular formula is C21H28N4O. The minimum absolute atomic E-state index is 0.546. The molecule has 2 saturated carbocycles. The second kappa shape index (κ2) is 7.23. The average molecular weight is 352 g/mol. The van der Waals surface area contributed by atoms with Crippen LogP contribution >= 0.6 is 0 Å². The highest BCUT2D eigenvalue weighted by molar-refractivity contribution is 5.34. The van der Waals surface area contributed by atoms with Gasteiger partial charge in [-0.05, 0) is 42.4 Å². The third-order valence-electron chi connectivity index (χ3n) is 6.07. The van der Waals surface area contributed by atoms with Gasteiger partial charge in [-0.3, -0.25) is 0 Å². The van der Waals surface area contributed by atoms with Crippen LogP contribution in [0.3, 0.4) is 0 Å². The molecule has 26 heavy (non-hydrogen) atoms. The molecular weight excluding hydrogens is 324 g/mol. The Bertz CT molecular complexity index is 729. The maximum atomic E-state index is 5.31. The number of rotatable bonds is 6. The van der Waals surface area contributed by atoms with Crippen LogP contribution in [0.2, 0.25) is 0 Å². The zero-order valence-corrected chi connectivity index (χ0v) is 15.9. The largest absolute Gasteiger partial charge is 0.497 e. The maximum absolute atomic E-state index is 5.31. The first-order valence-corrected chi connectivity index (χ1v) is 9.53. The SMILES string of the molecule is COc1ccc([C@@H]2[C@@H]3CCC[C@@H]3[C@H]2NCc2cnc(N(C)C)nc2)cc1. The Balaban J connectivity index is 1.45. The molecule has 2 aromatic rings. The first kappa shape index (κ1) is 17.3. The Kier molecular flexibility index (Phi) is 4.81. The molecule has 0 amide bonds. The predicted octanol–water partition coefficient (Wildman–Crippen LogP) is 3.22. The Morgan fingerprint density at radius 3 is 2.42 bits per heavy atom. The van der Waals surface area contributed by atoms with Gasteiger partial charge in [0.1, 0.15) is 5.75 Å². The lowest BCUT2D eigenvalue weighted by Gasteiger charge is -2.50. The third-order valence-corrected chi connectivity index (χ3v) is 6.07. The van der Waals surface area contributed by atoms with E-state index in [1.165, 1.54) is 24.8 Å². The summed E-state index contributed by atoms with van der Waals surface area (Å²) in [5.41, 5.74) is 2.58. The van der Waals surface area contributed by atoms with E-state index in [-0.39, 0.29) is 0 Å². The summed E-state index contributed by atoms with van der Waals surface area (Å²) >= 11 is 0. The van der Waals surface area contributed by atoms with Gasteiger partial charge in [-0.1, -0.05) is 18.6 Å². The van der Waals surface area contributed by atoms with Gasteiger partial charge >= 0.3 is 0 Å². The van der Waals surface area contributed by atoms with Crippen LogP contribution in [0, 0.1) is 11.8 Å². The molecule has 5 heteroatoms. The lowest BCUT2D eigenvalue weighted by molar-refractivity contribution is 0.0940. The van der Waals surface area contributed by atoms with E-state index in [1.807, 2.05) is 31.4 Å². The van der Waals surface area contributed by atoms with Gasteiger partial charge in [0, 0.05) is 50.6 Å². The Morgan fingerprint density at radius 2 is 1.77 bits per heavy atom. The molecule has 1 aromatic heterocycles. The standard InChI is InChI=1S/C21H28N4O/c1-25(2)21-23-12-14(13-24-21)11-22-20-18-6-4-5-17(18)19(20)15-7-9-16(26-3)10-8-15/h7-10,12-13,17-20,22H,4-6,11H2,1-3H3/t17-,18+,19-,20-/m1/s1. The van der Waals surface area contributed by atoms with E-state index in [1.54, 1.807) is 7.11 Å². The molecule has 1 aromatic carbocycles. The molecule has 1 N–H and O–H groups in total. The summed E-state index contributed by atoms with van der Waals surface area (Å²) < 4.78 is 5.31. The molecule has 0 unspecified atom stereocenters. The molecule has 0 radical (unpaired) electrons. The van der Waals surface area contributed by atoms with E-state index >= 15 is 0 Å². The highest BCUT2D eigenvalue weighted by Gasteiger charge is 2.52. The van der Waals surface area contributed by atoms with Crippen molar-refractivity contribution < 1.29 is 4.74 Å². The third kappa shape index (κ3) is 3.16. The number of aromatic nitrogens is 2. The van der Waals surface area contributed by atoms with Crippen LogP contribution in [-0.2, 0) is 6.54 Å². The van der Waals surface area contributed by atoms with E-state index < -0.39 is 0 Å². The molecule has 0 bridgehead atoms. The van der Waals surface area contributed by atoms with Gasteiger partial charge in [-0.15, -0.1) is 0 Å². The van der Waals surface area contributed by atoms with Gasteiger partial charge < -0.3 is 15.0 Å². The number of anilines is 1. The van der Waals surface area contributed by atoms with Gasteiger partial charge in [-0.25, -0.2) is 9.97 Å².